The summed E-state index contributed by atoms with van der Waals surface area (Å²) in [5.41, 5.74) is 0. The van der Waals surface area contributed by atoms with Crippen molar-refractivity contribution in [2.45, 2.75) is 17.3 Å². The van der Waals surface area contributed by atoms with Crippen LogP contribution < -0.4 is 0 Å². The van der Waals surface area contributed by atoms with Gasteiger partial charge in [-0.15, -0.1) is 11.3 Å². The number of hydrogen-bond donors (Lipinski definition) is 0. The first-order chi connectivity index (χ1) is 8.16. The highest BCUT2D eigenvalue weighted by Gasteiger charge is 2.37. The van der Waals surface area contributed by atoms with Gasteiger partial charge >= 0.3 is 6.18 Å². The predicted octanol–water partition coefficient (Wildman–Crippen LogP) is 2.40. The van der Waals surface area contributed by atoms with E-state index >= 15 is 0 Å². The second kappa shape index (κ2) is 5.85. The molecule has 0 aromatic carbocycles. The number of aromatic nitrogens is 1. The Morgan fingerprint density at radius 1 is 1.50 bits per heavy atom. The Labute approximate surface area is 115 Å². The van der Waals surface area contributed by atoms with Crippen LogP contribution in [-0.4, -0.2) is 42.3 Å². The van der Waals surface area contributed by atoms with Gasteiger partial charge in [-0.1, -0.05) is 15.9 Å². The minimum atomic E-state index is -4.57. The van der Waals surface area contributed by atoms with E-state index in [1.54, 1.807) is 6.92 Å². The molecule has 4 nitrogen and oxygen atoms in total. The minimum Gasteiger partial charge on any atom is -0.249 e. The van der Waals surface area contributed by atoms with Gasteiger partial charge in [-0.05, 0) is 6.92 Å². The van der Waals surface area contributed by atoms with Crippen molar-refractivity contribution in [3.05, 3.63) is 11.2 Å². The maximum Gasteiger partial charge on any atom is 0.402 e. The molecule has 1 aromatic rings. The number of alkyl halides is 4. The molecule has 1 aromatic heterocycles. The summed E-state index contributed by atoms with van der Waals surface area (Å²) in [6.07, 6.45) is -3.50. The Hall–Kier alpha value is -0.190. The average molecular weight is 367 g/mol. The van der Waals surface area contributed by atoms with Crippen LogP contribution in [0.1, 0.15) is 5.01 Å². The molecule has 0 amide bonds. The van der Waals surface area contributed by atoms with E-state index in [9.17, 15) is 21.6 Å². The molecule has 18 heavy (non-hydrogen) atoms. The zero-order chi connectivity index (χ0) is 14.0. The van der Waals surface area contributed by atoms with Crippen LogP contribution in [0.15, 0.2) is 10.4 Å². The van der Waals surface area contributed by atoms with Gasteiger partial charge in [0, 0.05) is 11.9 Å². The van der Waals surface area contributed by atoms with Crippen LogP contribution in [-0.2, 0) is 10.0 Å². The summed E-state index contributed by atoms with van der Waals surface area (Å²) in [5.74, 6) is 0. The number of thiazole rings is 1. The second-order valence-corrected chi connectivity index (χ2v) is 7.53. The number of halogens is 4. The van der Waals surface area contributed by atoms with Gasteiger partial charge in [0.05, 0.1) is 11.2 Å². The van der Waals surface area contributed by atoms with Crippen molar-refractivity contribution in [1.82, 2.24) is 9.29 Å². The monoisotopic (exact) mass is 366 g/mol. The van der Waals surface area contributed by atoms with Crippen LogP contribution in [0.25, 0.3) is 0 Å². The average Bonchev–Trinajstić information content (AvgIpc) is 2.63. The Balaban J connectivity index is 3.04. The first-order valence-corrected chi connectivity index (χ1v) is 8.10. The highest BCUT2D eigenvalue weighted by molar-refractivity contribution is 9.09. The molecule has 0 radical (unpaired) electrons. The van der Waals surface area contributed by atoms with Crippen LogP contribution in [0, 0.1) is 6.92 Å². The smallest absolute Gasteiger partial charge is 0.249 e. The fraction of sp³-hybridized carbons (Fsp3) is 0.625. The summed E-state index contributed by atoms with van der Waals surface area (Å²) in [5, 5.41) is 0.611. The van der Waals surface area contributed by atoms with E-state index in [2.05, 4.69) is 20.9 Å². The third kappa shape index (κ3) is 4.18. The van der Waals surface area contributed by atoms with Crippen molar-refractivity contribution in [3.8, 4) is 0 Å². The van der Waals surface area contributed by atoms with E-state index in [0.717, 1.165) is 17.5 Å². The maximum absolute atomic E-state index is 12.3. The number of hydrogen-bond acceptors (Lipinski definition) is 4. The van der Waals surface area contributed by atoms with Crippen LogP contribution in [0.4, 0.5) is 13.2 Å². The van der Waals surface area contributed by atoms with Crippen molar-refractivity contribution in [2.24, 2.45) is 0 Å². The van der Waals surface area contributed by atoms with Crippen molar-refractivity contribution in [2.75, 3.05) is 18.4 Å². The Bertz CT molecular complexity index is 501. The standard InChI is InChI=1S/C8H10BrF3N2O2S2/c1-6-13-4-7(17-6)18(15,16)14(3-2-9)5-8(10,11)12/h4H,2-3,5H2,1H3. The van der Waals surface area contributed by atoms with Gasteiger partial charge < -0.3 is 0 Å². The lowest BCUT2D eigenvalue weighted by atomic mass is 10.6. The molecule has 1 rings (SSSR count). The topological polar surface area (TPSA) is 50.3 Å². The maximum atomic E-state index is 12.3. The SMILES string of the molecule is Cc1ncc(S(=O)(=O)N(CCBr)CC(F)(F)F)s1. The summed E-state index contributed by atoms with van der Waals surface area (Å²) in [6.45, 7) is -0.168. The molecule has 0 bridgehead atoms. The van der Waals surface area contributed by atoms with Gasteiger partial charge in [-0.2, -0.15) is 17.5 Å². The lowest BCUT2D eigenvalue weighted by Gasteiger charge is -2.21. The van der Waals surface area contributed by atoms with Gasteiger partial charge in [0.1, 0.15) is 6.54 Å². The summed E-state index contributed by atoms with van der Waals surface area (Å²) in [6, 6.07) is 0. The third-order valence-electron chi connectivity index (χ3n) is 1.88. The van der Waals surface area contributed by atoms with Gasteiger partial charge in [0.2, 0.25) is 0 Å². The first-order valence-electron chi connectivity index (χ1n) is 4.72. The van der Waals surface area contributed by atoms with Gasteiger partial charge in [0.25, 0.3) is 10.0 Å². The largest absolute Gasteiger partial charge is 0.402 e. The van der Waals surface area contributed by atoms with Gasteiger partial charge in [-0.3, -0.25) is 0 Å². The molecule has 10 heteroatoms. The molecule has 0 unspecified atom stereocenters. The Morgan fingerprint density at radius 2 is 2.11 bits per heavy atom. The molecule has 0 saturated carbocycles. The van der Waals surface area contributed by atoms with E-state index in [1.165, 1.54) is 0 Å². The number of aryl methyl sites for hydroxylation is 1. The molecule has 0 aliphatic rings. The second-order valence-electron chi connectivity index (χ2n) is 3.34. The number of nitrogens with zero attached hydrogens (tertiary/aromatic N) is 2. The quantitative estimate of drug-likeness (QED) is 0.751. The Morgan fingerprint density at radius 3 is 2.50 bits per heavy atom. The van der Waals surface area contributed by atoms with E-state index in [1.807, 2.05) is 0 Å². The van der Waals surface area contributed by atoms with Crippen molar-refractivity contribution < 1.29 is 21.6 Å². The third-order valence-corrected chi connectivity index (χ3v) is 5.43. The van der Waals surface area contributed by atoms with Crippen molar-refractivity contribution >= 4 is 37.3 Å². The predicted molar refractivity (Wildman–Crippen MR) is 65.5 cm³/mol. The normalized spacial score (nSPS) is 13.2. The molecular weight excluding hydrogens is 357 g/mol. The lowest BCUT2D eigenvalue weighted by Crippen LogP contribution is -2.39. The summed E-state index contributed by atoms with van der Waals surface area (Å²) < 4.78 is 61.2. The highest BCUT2D eigenvalue weighted by atomic mass is 79.9. The summed E-state index contributed by atoms with van der Waals surface area (Å²) in [7, 11) is -4.14. The summed E-state index contributed by atoms with van der Waals surface area (Å²) >= 11 is 3.79. The van der Waals surface area contributed by atoms with E-state index in [0.29, 0.717) is 9.31 Å². The highest BCUT2D eigenvalue weighted by Crippen LogP contribution is 2.25. The fourth-order valence-electron chi connectivity index (χ4n) is 1.17. The van der Waals surface area contributed by atoms with Crippen LogP contribution >= 0.6 is 27.3 Å². The molecule has 0 atom stereocenters. The van der Waals surface area contributed by atoms with Gasteiger partial charge in [-0.25, -0.2) is 13.4 Å². The van der Waals surface area contributed by atoms with Crippen LogP contribution in [0.2, 0.25) is 0 Å². The molecule has 0 spiro atoms. The van der Waals surface area contributed by atoms with Crippen LogP contribution in [0.3, 0.4) is 0 Å². The first kappa shape index (κ1) is 15.9. The Kier molecular flexibility index (Phi) is 5.15. The van der Waals surface area contributed by atoms with E-state index < -0.39 is 22.7 Å². The lowest BCUT2D eigenvalue weighted by molar-refractivity contribution is -0.135. The molecule has 0 N–H and O–H groups in total. The van der Waals surface area contributed by atoms with Gasteiger partial charge in [0.15, 0.2) is 4.21 Å². The van der Waals surface area contributed by atoms with Crippen molar-refractivity contribution in [1.29, 1.82) is 0 Å². The molecule has 0 saturated heterocycles. The number of sulfonamides is 1. The molecule has 1 heterocycles. The zero-order valence-electron chi connectivity index (χ0n) is 9.24. The van der Waals surface area contributed by atoms with Crippen molar-refractivity contribution in [3.63, 3.8) is 0 Å². The number of rotatable bonds is 5. The molecule has 0 fully saturated rings. The van der Waals surface area contributed by atoms with E-state index in [4.69, 9.17) is 0 Å². The summed E-state index contributed by atoms with van der Waals surface area (Å²) in [4.78, 5) is 3.74. The fourth-order valence-corrected chi connectivity index (χ4v) is 4.52. The molecule has 0 aliphatic heterocycles. The zero-order valence-corrected chi connectivity index (χ0v) is 12.5. The molecule has 104 valence electrons. The minimum absolute atomic E-state index is 0.125. The van der Waals surface area contributed by atoms with Crippen LogP contribution in [0.5, 0.6) is 0 Å². The molecule has 0 aliphatic carbocycles. The molecular formula is C8H10BrF3N2O2S2. The van der Waals surface area contributed by atoms with E-state index in [-0.39, 0.29) is 16.1 Å².